The molecule has 0 saturated heterocycles. The minimum absolute atomic E-state index is 0.390. The van der Waals surface area contributed by atoms with Crippen molar-refractivity contribution in [2.24, 2.45) is 0 Å². The van der Waals surface area contributed by atoms with Crippen molar-refractivity contribution in [2.45, 2.75) is 26.0 Å². The Bertz CT molecular complexity index is 780. The molecule has 1 N–H and O–H groups in total. The second-order valence-electron chi connectivity index (χ2n) is 5.74. The van der Waals surface area contributed by atoms with Crippen molar-refractivity contribution in [3.05, 3.63) is 66.6 Å². The molecule has 6 heteroatoms. The van der Waals surface area contributed by atoms with Crippen LogP contribution in [0.5, 0.6) is 0 Å². The number of unbranched alkanes of at least 4 members (excludes halogenated alkanes) is 1. The lowest BCUT2D eigenvalue weighted by Gasteiger charge is -2.28. The SMILES string of the molecule is CCCCOC(=O)n1cc(C2=CN(c3ccccc3)C(O)C=C2)cn1. The Morgan fingerprint density at radius 2 is 2.12 bits per heavy atom. The predicted octanol–water partition coefficient (Wildman–Crippen LogP) is 3.40. The maximum atomic E-state index is 11.9. The van der Waals surface area contributed by atoms with Crippen LogP contribution in [0.1, 0.15) is 25.3 Å². The van der Waals surface area contributed by atoms with Crippen molar-refractivity contribution < 1.29 is 14.6 Å². The number of aliphatic hydroxyl groups excluding tert-OH is 1. The lowest BCUT2D eigenvalue weighted by atomic mass is 10.1. The smallest absolute Gasteiger partial charge is 0.434 e. The van der Waals surface area contributed by atoms with E-state index in [-0.39, 0.29) is 0 Å². The molecule has 25 heavy (non-hydrogen) atoms. The molecule has 0 bridgehead atoms. The molecule has 2 heterocycles. The molecule has 0 amide bonds. The topological polar surface area (TPSA) is 67.6 Å². The predicted molar refractivity (Wildman–Crippen MR) is 95.9 cm³/mol. The van der Waals surface area contributed by atoms with Gasteiger partial charge in [-0.2, -0.15) is 9.78 Å². The number of carbonyl (C=O) groups excluding carboxylic acids is 1. The van der Waals surface area contributed by atoms with E-state index in [1.807, 2.05) is 49.5 Å². The molecule has 0 fully saturated rings. The summed E-state index contributed by atoms with van der Waals surface area (Å²) >= 11 is 0. The van der Waals surface area contributed by atoms with Crippen molar-refractivity contribution in [3.63, 3.8) is 0 Å². The van der Waals surface area contributed by atoms with Gasteiger partial charge in [0.25, 0.3) is 0 Å². The Labute approximate surface area is 146 Å². The van der Waals surface area contributed by atoms with E-state index >= 15 is 0 Å². The highest BCUT2D eigenvalue weighted by atomic mass is 16.6. The minimum atomic E-state index is -0.736. The van der Waals surface area contributed by atoms with Crippen molar-refractivity contribution in [2.75, 3.05) is 11.5 Å². The zero-order chi connectivity index (χ0) is 17.6. The van der Waals surface area contributed by atoms with E-state index in [9.17, 15) is 9.90 Å². The van der Waals surface area contributed by atoms with Crippen molar-refractivity contribution in [1.82, 2.24) is 9.78 Å². The Morgan fingerprint density at radius 3 is 2.88 bits per heavy atom. The lowest BCUT2D eigenvalue weighted by Crippen LogP contribution is -2.30. The number of anilines is 1. The molecule has 1 unspecified atom stereocenters. The normalized spacial score (nSPS) is 16.6. The van der Waals surface area contributed by atoms with Crippen LogP contribution in [0.15, 0.2) is 61.1 Å². The van der Waals surface area contributed by atoms with E-state index < -0.39 is 12.3 Å². The third-order valence-electron chi connectivity index (χ3n) is 3.89. The average Bonchev–Trinajstić information content (AvgIpc) is 3.13. The Morgan fingerprint density at radius 1 is 1.32 bits per heavy atom. The zero-order valence-corrected chi connectivity index (χ0v) is 14.1. The van der Waals surface area contributed by atoms with Crippen LogP contribution < -0.4 is 4.90 Å². The molecule has 1 aliphatic heterocycles. The number of rotatable bonds is 5. The Kier molecular flexibility index (Phi) is 5.30. The van der Waals surface area contributed by atoms with E-state index in [1.165, 1.54) is 4.68 Å². The van der Waals surface area contributed by atoms with Gasteiger partial charge in [0.15, 0.2) is 0 Å². The summed E-state index contributed by atoms with van der Waals surface area (Å²) < 4.78 is 6.34. The molecule has 1 atom stereocenters. The van der Waals surface area contributed by atoms with Gasteiger partial charge in [-0.1, -0.05) is 37.6 Å². The number of nitrogens with zero attached hydrogens (tertiary/aromatic N) is 3. The second-order valence-corrected chi connectivity index (χ2v) is 5.74. The summed E-state index contributed by atoms with van der Waals surface area (Å²) in [6, 6.07) is 9.60. The molecule has 0 spiro atoms. The minimum Gasteiger partial charge on any atom is -0.448 e. The Balaban J connectivity index is 1.77. The van der Waals surface area contributed by atoms with Gasteiger partial charge in [0.2, 0.25) is 0 Å². The molecule has 0 saturated carbocycles. The van der Waals surface area contributed by atoms with Crippen LogP contribution >= 0.6 is 0 Å². The fourth-order valence-electron chi connectivity index (χ4n) is 2.49. The number of ether oxygens (including phenoxy) is 1. The van der Waals surface area contributed by atoms with Crippen molar-refractivity contribution in [3.8, 4) is 0 Å². The van der Waals surface area contributed by atoms with Gasteiger partial charge >= 0.3 is 6.09 Å². The lowest BCUT2D eigenvalue weighted by molar-refractivity contribution is 0.143. The monoisotopic (exact) mass is 339 g/mol. The summed E-state index contributed by atoms with van der Waals surface area (Å²) in [5.74, 6) is 0. The quantitative estimate of drug-likeness (QED) is 0.846. The van der Waals surface area contributed by atoms with Crippen LogP contribution in [0.2, 0.25) is 0 Å². The molecule has 0 radical (unpaired) electrons. The van der Waals surface area contributed by atoms with E-state index in [0.29, 0.717) is 6.61 Å². The highest BCUT2D eigenvalue weighted by Crippen LogP contribution is 2.26. The standard InChI is InChI=1S/C19H21N3O3/c1-2-3-11-25-19(24)22-14-16(12-20-22)15-9-10-18(23)21(13-15)17-7-5-4-6-8-17/h4-10,12-14,18,23H,2-3,11H2,1H3. The van der Waals surface area contributed by atoms with Crippen LogP contribution in [0, 0.1) is 0 Å². The number of allylic oxidation sites excluding steroid dienone is 2. The van der Waals surface area contributed by atoms with Gasteiger partial charge in [-0.25, -0.2) is 4.79 Å². The number of aliphatic hydroxyl groups is 1. The first-order valence-corrected chi connectivity index (χ1v) is 8.32. The van der Waals surface area contributed by atoms with Crippen LogP contribution in [-0.2, 0) is 4.74 Å². The highest BCUT2D eigenvalue weighted by Gasteiger charge is 2.18. The molecule has 2 aromatic rings. The van der Waals surface area contributed by atoms with Crippen LogP contribution in [0.25, 0.3) is 5.57 Å². The van der Waals surface area contributed by atoms with Crippen molar-refractivity contribution in [1.29, 1.82) is 0 Å². The number of benzene rings is 1. The molecule has 130 valence electrons. The first kappa shape index (κ1) is 17.0. The summed E-state index contributed by atoms with van der Waals surface area (Å²) in [4.78, 5) is 13.7. The van der Waals surface area contributed by atoms with E-state index in [1.54, 1.807) is 23.4 Å². The van der Waals surface area contributed by atoms with Crippen LogP contribution in [0.4, 0.5) is 10.5 Å². The van der Waals surface area contributed by atoms with E-state index in [4.69, 9.17) is 4.74 Å². The summed E-state index contributed by atoms with van der Waals surface area (Å²) in [6.07, 6.45) is 9.16. The van der Waals surface area contributed by atoms with E-state index in [2.05, 4.69) is 5.10 Å². The van der Waals surface area contributed by atoms with Gasteiger partial charge in [-0.15, -0.1) is 0 Å². The maximum absolute atomic E-state index is 11.9. The van der Waals surface area contributed by atoms with Gasteiger partial charge in [0.1, 0.15) is 6.23 Å². The first-order chi connectivity index (χ1) is 12.2. The molecule has 1 aromatic heterocycles. The number of para-hydroxylation sites is 1. The summed E-state index contributed by atoms with van der Waals surface area (Å²) in [5, 5.41) is 14.3. The third kappa shape index (κ3) is 3.97. The largest absolute Gasteiger partial charge is 0.448 e. The third-order valence-corrected chi connectivity index (χ3v) is 3.89. The molecule has 1 aliphatic rings. The number of hydrogen-bond acceptors (Lipinski definition) is 5. The fourth-order valence-corrected chi connectivity index (χ4v) is 2.49. The average molecular weight is 339 g/mol. The highest BCUT2D eigenvalue weighted by molar-refractivity contribution is 5.79. The molecular weight excluding hydrogens is 318 g/mol. The molecule has 0 aliphatic carbocycles. The number of carbonyl (C=O) groups is 1. The molecular formula is C19H21N3O3. The zero-order valence-electron chi connectivity index (χ0n) is 14.1. The van der Waals surface area contributed by atoms with E-state index in [0.717, 1.165) is 29.7 Å². The molecule has 1 aromatic carbocycles. The van der Waals surface area contributed by atoms with Crippen LogP contribution in [-0.4, -0.2) is 33.8 Å². The number of aromatic nitrogens is 2. The summed E-state index contributed by atoms with van der Waals surface area (Å²) in [5.41, 5.74) is 2.50. The number of hydrogen-bond donors (Lipinski definition) is 1. The first-order valence-electron chi connectivity index (χ1n) is 8.32. The van der Waals surface area contributed by atoms with Crippen LogP contribution in [0.3, 0.4) is 0 Å². The fraction of sp³-hybridized carbons (Fsp3) is 0.263. The van der Waals surface area contributed by atoms with Gasteiger partial charge < -0.3 is 14.7 Å². The van der Waals surface area contributed by atoms with Gasteiger partial charge in [0, 0.05) is 29.2 Å². The molecule has 3 rings (SSSR count). The van der Waals surface area contributed by atoms with Gasteiger partial charge in [-0.05, 0) is 24.6 Å². The summed E-state index contributed by atoms with van der Waals surface area (Å²) in [7, 11) is 0. The van der Waals surface area contributed by atoms with Crippen molar-refractivity contribution >= 4 is 17.4 Å². The van der Waals surface area contributed by atoms with Gasteiger partial charge in [-0.3, -0.25) is 0 Å². The maximum Gasteiger partial charge on any atom is 0.434 e. The summed E-state index contributed by atoms with van der Waals surface area (Å²) in [6.45, 7) is 2.43. The molecule has 6 nitrogen and oxygen atoms in total. The van der Waals surface area contributed by atoms with Gasteiger partial charge in [0.05, 0.1) is 12.8 Å². The Hall–Kier alpha value is -2.86. The second kappa shape index (κ2) is 7.81.